The number of nitrogens with zero attached hydrogens (tertiary/aromatic N) is 9. The van der Waals surface area contributed by atoms with Crippen LogP contribution in [0.1, 0.15) is 77.0 Å². The minimum Gasteiger partial charge on any atom is -0.366 e. The van der Waals surface area contributed by atoms with Crippen LogP contribution in [-0.2, 0) is 13.9 Å². The zero-order valence-corrected chi connectivity index (χ0v) is 53.0. The quantitative estimate of drug-likeness (QED) is 0.0364. The van der Waals surface area contributed by atoms with Crippen molar-refractivity contribution in [2.75, 3.05) is 112 Å². The Hall–Kier alpha value is -6.73. The van der Waals surface area contributed by atoms with Gasteiger partial charge < -0.3 is 50.4 Å². The highest BCUT2D eigenvalue weighted by atomic mass is 35.5. The number of carbonyl (C=O) groups excluding carboxylic acids is 1. The van der Waals surface area contributed by atoms with Gasteiger partial charge in [-0.05, 0) is 178 Å². The molecule has 454 valence electrons. The molecule has 0 radical (unpaired) electrons. The molecule has 0 atom stereocenters. The van der Waals surface area contributed by atoms with Crippen molar-refractivity contribution in [1.29, 1.82) is 0 Å². The predicted octanol–water partition coefficient (Wildman–Crippen LogP) is 13.2. The second-order valence-electron chi connectivity index (χ2n) is 23.6. The molecular weight excluding hydrogens is 1160 g/mol. The molecule has 0 unspecified atom stereocenters. The Morgan fingerprint density at radius 3 is 1.33 bits per heavy atom. The van der Waals surface area contributed by atoms with E-state index in [-0.39, 0.29) is 48.6 Å². The number of nitro groups is 2. The summed E-state index contributed by atoms with van der Waals surface area (Å²) >= 11 is 12.7. The van der Waals surface area contributed by atoms with E-state index in [9.17, 15) is 34.2 Å². The molecule has 2 saturated carbocycles. The first-order valence-corrected chi connectivity index (χ1v) is 34.6. The second-order valence-corrected chi connectivity index (χ2v) is 30.8. The molecule has 0 amide bonds. The smallest absolute Gasteiger partial charge is 0.294 e. The third-order valence-electron chi connectivity index (χ3n) is 16.8. The van der Waals surface area contributed by atoms with Crippen LogP contribution >= 0.6 is 37.5 Å². The number of piperidine rings is 2. The van der Waals surface area contributed by atoms with Gasteiger partial charge in [-0.3, -0.25) is 25.0 Å². The maximum Gasteiger partial charge on any atom is 0.294 e. The monoisotopic (exact) mass is 1240 g/mol. The zero-order chi connectivity index (χ0) is 61.3. The summed E-state index contributed by atoms with van der Waals surface area (Å²) in [5.74, 6) is 1.43. The molecule has 2 saturated heterocycles. The summed E-state index contributed by atoms with van der Waals surface area (Å²) < 4.78 is 25.5. The van der Waals surface area contributed by atoms with Gasteiger partial charge in [-0.25, -0.2) is 9.97 Å². The van der Waals surface area contributed by atoms with Gasteiger partial charge in [0.1, 0.15) is 41.5 Å². The minimum atomic E-state index is -2.56. The van der Waals surface area contributed by atoms with Crippen LogP contribution in [0.25, 0.3) is 0 Å². The lowest BCUT2D eigenvalue weighted by molar-refractivity contribution is -0.384. The number of carbonyl (C=O) groups is 1. The van der Waals surface area contributed by atoms with Crippen LogP contribution in [0.15, 0.2) is 97.3 Å². The molecule has 21 nitrogen and oxygen atoms in total. The highest BCUT2D eigenvalue weighted by molar-refractivity contribution is 7.70. The molecule has 2 aliphatic carbocycles. The summed E-state index contributed by atoms with van der Waals surface area (Å²) in [4.78, 5) is 59.2. The van der Waals surface area contributed by atoms with E-state index in [0.29, 0.717) is 86.5 Å². The number of Topliss-reactive ketones (excluding diaryl/α,β-unsaturated/α-hetero) is 1. The zero-order valence-electron chi connectivity index (χ0n) is 49.7. The Kier molecular flexibility index (Phi) is 21.0. The van der Waals surface area contributed by atoms with Crippen molar-refractivity contribution in [3.05, 3.63) is 128 Å². The number of halogens is 2. The summed E-state index contributed by atoms with van der Waals surface area (Å²) in [7, 11) is 2.95. The van der Waals surface area contributed by atoms with Crippen molar-refractivity contribution in [1.82, 2.24) is 30.2 Å². The summed E-state index contributed by atoms with van der Waals surface area (Å²) in [5, 5.41) is 41.3. The van der Waals surface area contributed by atoms with Crippen molar-refractivity contribution < 1.29 is 23.8 Å². The average molecular weight is 1240 g/mol. The molecule has 6 aromatic rings. The van der Waals surface area contributed by atoms with Crippen LogP contribution in [0.4, 0.5) is 69.0 Å². The summed E-state index contributed by atoms with van der Waals surface area (Å²) in [6, 6.07) is 25.4. The van der Waals surface area contributed by atoms with Crippen LogP contribution in [-0.4, -0.2) is 128 Å². The van der Waals surface area contributed by atoms with Crippen molar-refractivity contribution in [3.63, 3.8) is 0 Å². The van der Waals surface area contributed by atoms with Crippen LogP contribution < -0.4 is 47.0 Å². The lowest BCUT2D eigenvalue weighted by atomic mass is 9.66. The number of para-hydroxylation sites is 2. The van der Waals surface area contributed by atoms with E-state index in [2.05, 4.69) is 75.3 Å². The predicted molar refractivity (Wildman–Crippen MR) is 347 cm³/mol. The number of rotatable bonds is 15. The molecule has 0 bridgehead atoms. The van der Waals surface area contributed by atoms with Crippen LogP contribution in [0.5, 0.6) is 0 Å². The Balaban J connectivity index is 0.000000212. The molecule has 4 aliphatic rings. The molecule has 10 rings (SSSR count). The van der Waals surface area contributed by atoms with E-state index >= 15 is 0 Å². The molecule has 85 heavy (non-hydrogen) atoms. The molecule has 4 heterocycles. The van der Waals surface area contributed by atoms with Crippen molar-refractivity contribution in [3.8, 4) is 0 Å². The fourth-order valence-electron chi connectivity index (χ4n) is 11.9. The van der Waals surface area contributed by atoms with Crippen molar-refractivity contribution >= 4 is 123 Å². The van der Waals surface area contributed by atoms with E-state index < -0.39 is 14.3 Å². The lowest BCUT2D eigenvalue weighted by Gasteiger charge is -2.47. The Labute approximate surface area is 507 Å². The molecular formula is C60H78Cl2N14O7P2. The number of hydrogen-bond donors (Lipinski definition) is 5. The normalized spacial score (nSPS) is 16.9. The van der Waals surface area contributed by atoms with Crippen LogP contribution in [0.2, 0.25) is 10.0 Å². The number of nitrogens with one attached hydrogen (secondary N) is 5. The molecule has 2 aliphatic heterocycles. The van der Waals surface area contributed by atoms with E-state index in [1.54, 1.807) is 50.9 Å². The number of ketones is 1. The molecule has 2 aromatic heterocycles. The summed E-state index contributed by atoms with van der Waals surface area (Å²) in [5.41, 5.74) is 4.07. The first kappa shape index (κ1) is 64.3. The Morgan fingerprint density at radius 1 is 0.588 bits per heavy atom. The van der Waals surface area contributed by atoms with Gasteiger partial charge in [-0.1, -0.05) is 47.5 Å². The third kappa shape index (κ3) is 16.4. The molecule has 4 aromatic carbocycles. The summed E-state index contributed by atoms with van der Waals surface area (Å²) in [6.45, 7) is 9.88. The van der Waals surface area contributed by atoms with Crippen molar-refractivity contribution in [2.45, 2.75) is 83.1 Å². The molecule has 4 fully saturated rings. The van der Waals surface area contributed by atoms with Gasteiger partial charge in [0.15, 0.2) is 11.6 Å². The maximum atomic E-state index is 12.8. The van der Waals surface area contributed by atoms with Gasteiger partial charge in [0, 0.05) is 79.2 Å². The summed E-state index contributed by atoms with van der Waals surface area (Å²) in [6.07, 6.45) is 14.9. The number of anilines is 10. The maximum absolute atomic E-state index is 12.8. The number of hydrogen-bond acceptors (Lipinski definition) is 19. The van der Waals surface area contributed by atoms with E-state index in [0.717, 1.165) is 64.7 Å². The van der Waals surface area contributed by atoms with Gasteiger partial charge >= 0.3 is 0 Å². The molecule has 25 heteroatoms. The van der Waals surface area contributed by atoms with E-state index in [1.807, 2.05) is 62.6 Å². The fraction of sp³-hybridized carbons (Fsp3) is 0.450. The van der Waals surface area contributed by atoms with Gasteiger partial charge in [0.05, 0.1) is 33.6 Å². The Morgan fingerprint density at radius 2 is 0.965 bits per heavy atom. The lowest BCUT2D eigenvalue weighted by Crippen LogP contribution is -2.44. The number of benzene rings is 4. The van der Waals surface area contributed by atoms with Gasteiger partial charge in [0.25, 0.3) is 11.4 Å². The second kappa shape index (κ2) is 27.8. The fourth-order valence-corrected chi connectivity index (χ4v) is 14.5. The average Bonchev–Trinajstić information content (AvgIpc) is 3.43. The standard InChI is InChI=1S/C30H39ClN7O3P.C28H32ClN6O4P.C2H7N/c1-36(2)22-11-13-30(14-12-22)15-17-37(18-16-30)25-10-9-21(19-26(25)38(39)40)33-29-32-20-23(31)28(35-29)34-24-7-5-6-8-27(24)42(3,4)41;1-40(2,39)25-6-4-3-5-22(25)32-26-21(29)18-30-27(33-26)31-19-7-8-23(24(17-19)35(37)38)34-15-13-28(14-16-34)11-9-20(36)10-12-28;1-3-2/h5-10,19-20,22H,11-18H2,1-4H3,(H2,32,33,34,35);3-8,17-18H,9-16H2,1-2H3,(H2,30,31,32,33);3H,1-2H3. The van der Waals surface area contributed by atoms with Gasteiger partial charge in [-0.2, -0.15) is 9.97 Å². The number of nitro benzene ring substituents is 2. The highest BCUT2D eigenvalue weighted by Crippen LogP contribution is 2.49. The minimum absolute atomic E-state index is 0.00246. The Bertz CT molecular complexity index is 3460. The topological polar surface area (TPSA) is 259 Å². The first-order valence-electron chi connectivity index (χ1n) is 28.6. The third-order valence-corrected chi connectivity index (χ3v) is 20.4. The highest BCUT2D eigenvalue weighted by Gasteiger charge is 2.41. The van der Waals surface area contributed by atoms with Crippen LogP contribution in [0.3, 0.4) is 0 Å². The van der Waals surface area contributed by atoms with Crippen molar-refractivity contribution in [2.24, 2.45) is 10.8 Å². The first-order chi connectivity index (χ1) is 40.4. The van der Waals surface area contributed by atoms with E-state index in [1.165, 1.54) is 50.2 Å². The number of aromatic nitrogens is 4. The van der Waals surface area contributed by atoms with E-state index in [4.69, 9.17) is 23.2 Å². The van der Waals surface area contributed by atoms with Gasteiger partial charge in [0.2, 0.25) is 11.9 Å². The molecule has 5 N–H and O–H groups in total. The largest absolute Gasteiger partial charge is 0.366 e. The molecule has 2 spiro atoms. The SMILES string of the molecule is CN(C)C1CCC2(CC1)CCN(c1ccc(Nc3ncc(Cl)c(Nc4ccccc4P(C)(C)=O)n3)cc1[N+](=O)[O-])CC2.CNC.CP(C)(=O)c1ccccc1Nc1nc(Nc2ccc(N3CCC4(CCC(=O)CC4)CC3)c([N+](=O)[O-])c2)ncc1Cl. The van der Waals surface area contributed by atoms with Gasteiger partial charge in [-0.15, -0.1) is 0 Å². The van der Waals surface area contributed by atoms with Crippen LogP contribution in [0, 0.1) is 31.1 Å².